The SMILES string of the molecule is Cc1oc(I)nc1N. The minimum atomic E-state index is 0.481. The van der Waals surface area contributed by atoms with Crippen molar-refractivity contribution in [2.45, 2.75) is 6.92 Å². The zero-order valence-electron chi connectivity index (χ0n) is 4.31. The van der Waals surface area contributed by atoms with E-state index >= 15 is 0 Å². The van der Waals surface area contributed by atoms with E-state index in [1.807, 2.05) is 22.6 Å². The molecule has 0 aromatic carbocycles. The fraction of sp³-hybridized carbons (Fsp3) is 0.250. The summed E-state index contributed by atoms with van der Waals surface area (Å²) in [5, 5.41) is 0. The van der Waals surface area contributed by atoms with Gasteiger partial charge in [0.15, 0.2) is 5.82 Å². The Morgan fingerprint density at radius 1 is 1.75 bits per heavy atom. The van der Waals surface area contributed by atoms with Crippen LogP contribution < -0.4 is 5.73 Å². The van der Waals surface area contributed by atoms with E-state index in [9.17, 15) is 0 Å². The van der Waals surface area contributed by atoms with Crippen molar-refractivity contribution in [2.24, 2.45) is 0 Å². The van der Waals surface area contributed by atoms with Crippen LogP contribution in [-0.4, -0.2) is 4.98 Å². The maximum Gasteiger partial charge on any atom is 0.259 e. The molecule has 2 N–H and O–H groups in total. The van der Waals surface area contributed by atoms with E-state index in [1.165, 1.54) is 0 Å². The first-order valence-corrected chi connectivity index (χ1v) is 3.16. The minimum Gasteiger partial charge on any atom is -0.435 e. The van der Waals surface area contributed by atoms with Gasteiger partial charge in [-0.05, 0) is 6.92 Å². The van der Waals surface area contributed by atoms with Gasteiger partial charge >= 0.3 is 0 Å². The lowest BCUT2D eigenvalue weighted by Gasteiger charge is -1.77. The summed E-state index contributed by atoms with van der Waals surface area (Å²) in [4.78, 5) is 3.81. The van der Waals surface area contributed by atoms with Crippen LogP contribution in [0.25, 0.3) is 0 Å². The molecule has 1 heterocycles. The second-order valence-electron chi connectivity index (χ2n) is 1.41. The predicted molar refractivity (Wildman–Crippen MR) is 38.4 cm³/mol. The lowest BCUT2D eigenvalue weighted by molar-refractivity contribution is 0.497. The Labute approximate surface area is 60.4 Å². The first-order chi connectivity index (χ1) is 3.70. The number of rotatable bonds is 0. The molecule has 1 aromatic rings. The topological polar surface area (TPSA) is 52.0 Å². The molecule has 0 aliphatic rings. The second-order valence-corrected chi connectivity index (χ2v) is 2.33. The van der Waals surface area contributed by atoms with E-state index in [2.05, 4.69) is 4.98 Å². The van der Waals surface area contributed by atoms with Crippen molar-refractivity contribution >= 4 is 28.4 Å². The van der Waals surface area contributed by atoms with E-state index in [1.54, 1.807) is 6.92 Å². The number of oxazole rings is 1. The summed E-state index contributed by atoms with van der Waals surface area (Å²) in [6.07, 6.45) is 0. The van der Waals surface area contributed by atoms with Crippen LogP contribution in [0.3, 0.4) is 0 Å². The quantitative estimate of drug-likeness (QED) is 0.673. The van der Waals surface area contributed by atoms with Gasteiger partial charge in [0.05, 0.1) is 0 Å². The molecule has 0 saturated heterocycles. The third kappa shape index (κ3) is 0.936. The number of nitrogen functional groups attached to an aromatic ring is 1. The zero-order chi connectivity index (χ0) is 6.15. The molecule has 0 unspecified atom stereocenters. The molecule has 0 aliphatic heterocycles. The molecule has 0 bridgehead atoms. The summed E-state index contributed by atoms with van der Waals surface area (Å²) in [6, 6.07) is 0. The van der Waals surface area contributed by atoms with Crippen molar-refractivity contribution in [3.05, 3.63) is 9.66 Å². The van der Waals surface area contributed by atoms with Gasteiger partial charge in [-0.1, -0.05) is 0 Å². The Bertz CT molecular complexity index is 176. The number of halogens is 1. The van der Waals surface area contributed by atoms with Crippen molar-refractivity contribution in [1.29, 1.82) is 0 Å². The van der Waals surface area contributed by atoms with Crippen molar-refractivity contribution in [3.63, 3.8) is 0 Å². The fourth-order valence-electron chi connectivity index (χ4n) is 0.375. The third-order valence-electron chi connectivity index (χ3n) is 0.806. The average molecular weight is 224 g/mol. The van der Waals surface area contributed by atoms with Gasteiger partial charge in [0.25, 0.3) is 3.90 Å². The zero-order valence-corrected chi connectivity index (χ0v) is 6.47. The van der Waals surface area contributed by atoms with E-state index in [0.717, 1.165) is 0 Å². The lowest BCUT2D eigenvalue weighted by atomic mass is 10.5. The average Bonchev–Trinajstić information content (AvgIpc) is 1.85. The van der Waals surface area contributed by atoms with Crippen molar-refractivity contribution in [2.75, 3.05) is 5.73 Å². The van der Waals surface area contributed by atoms with Gasteiger partial charge in [-0.15, -0.1) is 0 Å². The van der Waals surface area contributed by atoms with Gasteiger partial charge < -0.3 is 10.2 Å². The first-order valence-electron chi connectivity index (χ1n) is 2.08. The summed E-state index contributed by atoms with van der Waals surface area (Å²) in [5.74, 6) is 1.17. The maximum absolute atomic E-state index is 5.33. The number of nitrogens with two attached hydrogens (primary N) is 1. The molecule has 0 fully saturated rings. The molecule has 1 aromatic heterocycles. The minimum absolute atomic E-state index is 0.481. The monoisotopic (exact) mass is 224 g/mol. The predicted octanol–water partition coefficient (Wildman–Crippen LogP) is 1.17. The largest absolute Gasteiger partial charge is 0.435 e. The Kier molecular flexibility index (Phi) is 1.41. The summed E-state index contributed by atoms with van der Waals surface area (Å²) in [7, 11) is 0. The summed E-state index contributed by atoms with van der Waals surface area (Å²) in [5.41, 5.74) is 5.33. The van der Waals surface area contributed by atoms with Crippen LogP contribution in [0.2, 0.25) is 0 Å². The smallest absolute Gasteiger partial charge is 0.259 e. The molecule has 0 spiro atoms. The van der Waals surface area contributed by atoms with E-state index in [-0.39, 0.29) is 0 Å². The van der Waals surface area contributed by atoms with Crippen LogP contribution in [-0.2, 0) is 0 Å². The summed E-state index contributed by atoms with van der Waals surface area (Å²) < 4.78 is 5.56. The van der Waals surface area contributed by atoms with E-state index < -0.39 is 0 Å². The summed E-state index contributed by atoms with van der Waals surface area (Å²) >= 11 is 1.97. The highest BCUT2D eigenvalue weighted by Crippen LogP contribution is 2.11. The Hall–Kier alpha value is -0.260. The highest BCUT2D eigenvalue weighted by atomic mass is 127. The van der Waals surface area contributed by atoms with Crippen LogP contribution in [0.5, 0.6) is 0 Å². The Morgan fingerprint density at radius 2 is 2.38 bits per heavy atom. The first kappa shape index (κ1) is 5.87. The van der Waals surface area contributed by atoms with E-state index in [0.29, 0.717) is 15.5 Å². The van der Waals surface area contributed by atoms with Crippen LogP contribution in [0.15, 0.2) is 4.42 Å². The highest BCUT2D eigenvalue weighted by molar-refractivity contribution is 14.1. The number of hydrogen-bond acceptors (Lipinski definition) is 3. The molecule has 44 valence electrons. The van der Waals surface area contributed by atoms with Gasteiger partial charge in [-0.3, -0.25) is 0 Å². The normalized spacial score (nSPS) is 9.75. The molecule has 0 saturated carbocycles. The molecule has 3 nitrogen and oxygen atoms in total. The van der Waals surface area contributed by atoms with Crippen LogP contribution >= 0.6 is 22.6 Å². The van der Waals surface area contributed by atoms with Gasteiger partial charge in [0, 0.05) is 22.6 Å². The third-order valence-corrected chi connectivity index (χ3v) is 1.27. The summed E-state index contributed by atoms with van der Waals surface area (Å²) in [6.45, 7) is 1.78. The number of aromatic nitrogens is 1. The number of aryl methyl sites for hydroxylation is 1. The van der Waals surface area contributed by atoms with E-state index in [4.69, 9.17) is 10.2 Å². The molecule has 0 atom stereocenters. The number of anilines is 1. The van der Waals surface area contributed by atoms with Crippen molar-refractivity contribution in [1.82, 2.24) is 4.98 Å². The molecule has 0 amide bonds. The number of hydrogen-bond donors (Lipinski definition) is 1. The van der Waals surface area contributed by atoms with Gasteiger partial charge in [0.2, 0.25) is 0 Å². The van der Waals surface area contributed by atoms with Gasteiger partial charge in [-0.25, -0.2) is 0 Å². The molecule has 0 aliphatic carbocycles. The molecule has 8 heavy (non-hydrogen) atoms. The number of nitrogens with zero attached hydrogens (tertiary/aromatic N) is 1. The maximum atomic E-state index is 5.33. The molecular formula is C4H5IN2O. The van der Waals surface area contributed by atoms with Crippen LogP contribution in [0.1, 0.15) is 5.76 Å². The highest BCUT2D eigenvalue weighted by Gasteiger charge is 1.99. The van der Waals surface area contributed by atoms with Gasteiger partial charge in [-0.2, -0.15) is 4.98 Å². The van der Waals surface area contributed by atoms with Crippen LogP contribution in [0, 0.1) is 10.8 Å². The Balaban J connectivity index is 3.14. The van der Waals surface area contributed by atoms with Gasteiger partial charge in [0.1, 0.15) is 5.76 Å². The molecular weight excluding hydrogens is 219 g/mol. The Morgan fingerprint density at radius 3 is 2.50 bits per heavy atom. The molecule has 4 heteroatoms. The molecule has 1 rings (SSSR count). The van der Waals surface area contributed by atoms with Crippen molar-refractivity contribution in [3.8, 4) is 0 Å². The molecule has 0 radical (unpaired) electrons. The fourth-order valence-corrected chi connectivity index (χ4v) is 0.965. The second kappa shape index (κ2) is 1.93. The lowest BCUT2D eigenvalue weighted by Crippen LogP contribution is -1.85. The van der Waals surface area contributed by atoms with Crippen molar-refractivity contribution < 1.29 is 4.42 Å². The standard InChI is InChI=1S/C4H5IN2O/c1-2-3(6)7-4(5)8-2/h6H2,1H3. The van der Waals surface area contributed by atoms with Crippen LogP contribution in [0.4, 0.5) is 5.82 Å².